The summed E-state index contributed by atoms with van der Waals surface area (Å²) in [5.74, 6) is 0. The quantitative estimate of drug-likeness (QED) is 0.205. The van der Waals surface area contributed by atoms with Crippen LogP contribution in [0.4, 0.5) is 17.1 Å². The van der Waals surface area contributed by atoms with E-state index in [1.165, 1.54) is 58.9 Å². The molecule has 0 atom stereocenters. The third-order valence-electron chi connectivity index (χ3n) is 8.03. The largest absolute Gasteiger partial charge is 0.310 e. The van der Waals surface area contributed by atoms with Gasteiger partial charge in [-0.25, -0.2) is 0 Å². The number of nitrogens with zero attached hydrogens (tertiary/aromatic N) is 1. The van der Waals surface area contributed by atoms with Crippen molar-refractivity contribution in [3.05, 3.63) is 164 Å². The highest BCUT2D eigenvalue weighted by Crippen LogP contribution is 2.47. The zero-order chi connectivity index (χ0) is 27.9. The first kappa shape index (κ1) is 24.6. The minimum atomic E-state index is 1.13. The molecule has 0 N–H and O–H groups in total. The number of anilines is 3. The molecule has 7 aromatic carbocycles. The van der Waals surface area contributed by atoms with E-state index in [1.54, 1.807) is 0 Å². The summed E-state index contributed by atoms with van der Waals surface area (Å²) >= 11 is 1.89. The topological polar surface area (TPSA) is 3.24 Å². The molecule has 0 radical (unpaired) electrons. The molecule has 0 saturated heterocycles. The molecule has 198 valence electrons. The lowest BCUT2D eigenvalue weighted by molar-refractivity contribution is 1.30. The van der Waals surface area contributed by atoms with Crippen molar-refractivity contribution in [2.24, 2.45) is 0 Å². The molecule has 0 amide bonds. The van der Waals surface area contributed by atoms with Crippen LogP contribution in [-0.4, -0.2) is 0 Å². The maximum absolute atomic E-state index is 2.43. The summed E-state index contributed by atoms with van der Waals surface area (Å²) in [5, 5.41) is 5.18. The fraction of sp³-hybridized carbons (Fsp3) is 0. The van der Waals surface area contributed by atoms with Crippen LogP contribution < -0.4 is 4.90 Å². The smallest absolute Gasteiger partial charge is 0.0554 e. The molecule has 1 heterocycles. The predicted molar refractivity (Wildman–Crippen MR) is 182 cm³/mol. The number of fused-ring (bicyclic) bond motifs is 5. The third kappa shape index (κ3) is 4.25. The second-order valence-corrected chi connectivity index (χ2v) is 11.6. The fourth-order valence-electron chi connectivity index (χ4n) is 6.06. The lowest BCUT2D eigenvalue weighted by atomic mass is 10.0. The van der Waals surface area contributed by atoms with Gasteiger partial charge >= 0.3 is 0 Å². The van der Waals surface area contributed by atoms with E-state index < -0.39 is 0 Å². The van der Waals surface area contributed by atoms with Crippen molar-refractivity contribution in [2.75, 3.05) is 4.90 Å². The van der Waals surface area contributed by atoms with Gasteiger partial charge in [0.25, 0.3) is 0 Å². The number of hydrogen-bond acceptors (Lipinski definition) is 2. The van der Waals surface area contributed by atoms with Crippen molar-refractivity contribution in [1.82, 2.24) is 0 Å². The Morgan fingerprint density at radius 2 is 0.976 bits per heavy atom. The highest BCUT2D eigenvalue weighted by Gasteiger charge is 2.20. The van der Waals surface area contributed by atoms with Gasteiger partial charge in [0.1, 0.15) is 0 Å². The van der Waals surface area contributed by atoms with Crippen molar-refractivity contribution in [3.8, 4) is 22.3 Å². The molecule has 1 aromatic heterocycles. The van der Waals surface area contributed by atoms with E-state index >= 15 is 0 Å². The average Bonchev–Trinajstić information content (AvgIpc) is 3.46. The Balaban J connectivity index is 1.40. The molecule has 0 aliphatic heterocycles. The Morgan fingerprint density at radius 3 is 1.64 bits per heavy atom. The van der Waals surface area contributed by atoms with Crippen LogP contribution in [0, 0.1) is 0 Å². The standard InChI is InChI=1S/C40H27NS/c1-3-12-28(13-4-1)31-17-9-19-33(26-31)41(34-20-10-18-32(27-34)29-14-5-2-6-15-29)37-22-11-23-38-39(37)36-25-24-30-16-7-8-21-35(30)40(36)42-38/h1-27H. The van der Waals surface area contributed by atoms with E-state index in [2.05, 4.69) is 169 Å². The van der Waals surface area contributed by atoms with Crippen molar-refractivity contribution in [2.45, 2.75) is 0 Å². The second kappa shape index (κ2) is 10.3. The molecule has 0 saturated carbocycles. The summed E-state index contributed by atoms with van der Waals surface area (Å²) in [4.78, 5) is 2.43. The molecule has 1 nitrogen and oxygen atoms in total. The van der Waals surface area contributed by atoms with E-state index in [0.29, 0.717) is 0 Å². The number of thiophene rings is 1. The van der Waals surface area contributed by atoms with Crippen LogP contribution in [0.15, 0.2) is 164 Å². The molecule has 0 aliphatic rings. The SMILES string of the molecule is c1ccc(-c2cccc(N(c3cccc(-c4ccccc4)c3)c3cccc4sc5c6ccccc6ccc5c34)c2)cc1. The lowest BCUT2D eigenvalue weighted by Crippen LogP contribution is -2.10. The van der Waals surface area contributed by atoms with E-state index in [9.17, 15) is 0 Å². The monoisotopic (exact) mass is 553 g/mol. The van der Waals surface area contributed by atoms with Gasteiger partial charge in [0.05, 0.1) is 5.69 Å². The van der Waals surface area contributed by atoms with Crippen LogP contribution in [0.25, 0.3) is 53.2 Å². The Labute approximate surface area is 249 Å². The summed E-state index contributed by atoms with van der Waals surface area (Å²) < 4.78 is 2.63. The molecular weight excluding hydrogens is 527 g/mol. The Bertz CT molecular complexity index is 2110. The molecule has 0 fully saturated rings. The van der Waals surface area contributed by atoms with Gasteiger partial charge in [-0.3, -0.25) is 0 Å². The van der Waals surface area contributed by atoms with Crippen LogP contribution in [-0.2, 0) is 0 Å². The van der Waals surface area contributed by atoms with Gasteiger partial charge in [-0.05, 0) is 69.4 Å². The van der Waals surface area contributed by atoms with Gasteiger partial charge in [0.2, 0.25) is 0 Å². The first-order valence-corrected chi connectivity index (χ1v) is 15.1. The van der Waals surface area contributed by atoms with Crippen LogP contribution >= 0.6 is 11.3 Å². The molecule has 8 rings (SSSR count). The molecule has 0 unspecified atom stereocenters. The van der Waals surface area contributed by atoms with Gasteiger partial charge in [-0.15, -0.1) is 11.3 Å². The van der Waals surface area contributed by atoms with E-state index in [4.69, 9.17) is 0 Å². The third-order valence-corrected chi connectivity index (χ3v) is 9.23. The molecule has 8 aromatic rings. The highest BCUT2D eigenvalue weighted by molar-refractivity contribution is 7.26. The van der Waals surface area contributed by atoms with Crippen LogP contribution in [0.2, 0.25) is 0 Å². The summed E-state index contributed by atoms with van der Waals surface area (Å²) in [6, 6.07) is 59.1. The van der Waals surface area contributed by atoms with Gasteiger partial charge in [0.15, 0.2) is 0 Å². The summed E-state index contributed by atoms with van der Waals surface area (Å²) in [7, 11) is 0. The minimum absolute atomic E-state index is 1.13. The first-order valence-electron chi connectivity index (χ1n) is 14.3. The maximum atomic E-state index is 2.43. The zero-order valence-electron chi connectivity index (χ0n) is 22.9. The van der Waals surface area contributed by atoms with Crippen LogP contribution in [0.3, 0.4) is 0 Å². The van der Waals surface area contributed by atoms with Crippen molar-refractivity contribution < 1.29 is 0 Å². The summed E-state index contributed by atoms with van der Waals surface area (Å²) in [6.45, 7) is 0. The summed E-state index contributed by atoms with van der Waals surface area (Å²) in [6.07, 6.45) is 0. The van der Waals surface area contributed by atoms with Crippen molar-refractivity contribution in [3.63, 3.8) is 0 Å². The van der Waals surface area contributed by atoms with E-state index in [1.807, 2.05) is 11.3 Å². The Kier molecular flexibility index (Phi) is 6.05. The lowest BCUT2D eigenvalue weighted by Gasteiger charge is -2.27. The zero-order valence-corrected chi connectivity index (χ0v) is 23.8. The van der Waals surface area contributed by atoms with Crippen LogP contribution in [0.1, 0.15) is 0 Å². The normalized spacial score (nSPS) is 11.3. The van der Waals surface area contributed by atoms with Crippen LogP contribution in [0.5, 0.6) is 0 Å². The van der Waals surface area contributed by atoms with Gasteiger partial charge in [0, 0.05) is 31.5 Å². The molecule has 2 heteroatoms. The Hall–Kier alpha value is -5.18. The number of rotatable bonds is 5. The molecule has 0 aliphatic carbocycles. The van der Waals surface area contributed by atoms with Crippen molar-refractivity contribution in [1.29, 1.82) is 0 Å². The van der Waals surface area contributed by atoms with Gasteiger partial charge in [-0.1, -0.05) is 127 Å². The van der Waals surface area contributed by atoms with Gasteiger partial charge < -0.3 is 4.90 Å². The maximum Gasteiger partial charge on any atom is 0.0554 e. The van der Waals surface area contributed by atoms with Gasteiger partial charge in [-0.2, -0.15) is 0 Å². The number of benzene rings is 7. The average molecular weight is 554 g/mol. The molecule has 42 heavy (non-hydrogen) atoms. The van der Waals surface area contributed by atoms with E-state index in [-0.39, 0.29) is 0 Å². The van der Waals surface area contributed by atoms with Crippen molar-refractivity contribution >= 4 is 59.3 Å². The second-order valence-electron chi connectivity index (χ2n) is 10.6. The molecule has 0 bridgehead atoms. The predicted octanol–water partition coefficient (Wildman–Crippen LogP) is 12.0. The summed E-state index contributed by atoms with van der Waals surface area (Å²) in [5.41, 5.74) is 8.27. The molecule has 0 spiro atoms. The number of hydrogen-bond donors (Lipinski definition) is 0. The van der Waals surface area contributed by atoms with E-state index in [0.717, 1.165) is 11.4 Å². The first-order chi connectivity index (χ1) is 20.8. The minimum Gasteiger partial charge on any atom is -0.310 e. The highest BCUT2D eigenvalue weighted by atomic mass is 32.1. The fourth-order valence-corrected chi connectivity index (χ4v) is 7.32. The Morgan fingerprint density at radius 1 is 0.405 bits per heavy atom. The molecular formula is C40H27NS.